The lowest BCUT2D eigenvalue weighted by Gasteiger charge is -2.35. The van der Waals surface area contributed by atoms with Crippen molar-refractivity contribution >= 4 is 27.5 Å². The van der Waals surface area contributed by atoms with Gasteiger partial charge in [0, 0.05) is 35.8 Å². The van der Waals surface area contributed by atoms with E-state index < -0.39 is 0 Å². The highest BCUT2D eigenvalue weighted by Gasteiger charge is 2.35. The molecule has 2 aromatic heterocycles. The van der Waals surface area contributed by atoms with E-state index in [1.807, 2.05) is 11.5 Å². The lowest BCUT2D eigenvalue weighted by atomic mass is 10.0. The lowest BCUT2D eigenvalue weighted by molar-refractivity contribution is -0.136. The first-order valence-electron chi connectivity index (χ1n) is 10.9. The summed E-state index contributed by atoms with van der Waals surface area (Å²) in [6.07, 6.45) is 8.51. The van der Waals surface area contributed by atoms with Crippen LogP contribution in [-0.2, 0) is 4.79 Å². The Hall–Kier alpha value is -1.69. The number of piperidine rings is 1. The summed E-state index contributed by atoms with van der Waals surface area (Å²) in [4.78, 5) is 35.4. The third kappa shape index (κ3) is 3.00. The van der Waals surface area contributed by atoms with Gasteiger partial charge in [-0.2, -0.15) is 0 Å². The second-order valence-electron chi connectivity index (χ2n) is 8.92. The summed E-state index contributed by atoms with van der Waals surface area (Å²) in [6, 6.07) is 0.173. The molecule has 3 fully saturated rings. The van der Waals surface area contributed by atoms with Gasteiger partial charge >= 0.3 is 0 Å². The summed E-state index contributed by atoms with van der Waals surface area (Å²) in [5, 5.41) is 0.816. The molecule has 0 aromatic carbocycles. The zero-order chi connectivity index (χ0) is 19.4. The molecule has 150 valence electrons. The third-order valence-electron chi connectivity index (χ3n) is 7.05. The smallest absolute Gasteiger partial charge is 0.262 e. The second kappa shape index (κ2) is 6.97. The molecule has 5 nitrogen and oxygen atoms in total. The molecule has 1 saturated heterocycles. The van der Waals surface area contributed by atoms with Crippen LogP contribution in [-0.4, -0.2) is 33.4 Å². The molecule has 5 rings (SSSR count). The number of thiophene rings is 1. The molecule has 0 radical (unpaired) electrons. The van der Waals surface area contributed by atoms with Crippen molar-refractivity contribution in [2.45, 2.75) is 77.2 Å². The molecule has 2 saturated carbocycles. The number of amides is 1. The highest BCUT2D eigenvalue weighted by Crippen LogP contribution is 2.41. The summed E-state index contributed by atoms with van der Waals surface area (Å²) in [5.74, 6) is 2.04. The predicted octanol–water partition coefficient (Wildman–Crippen LogP) is 4.31. The van der Waals surface area contributed by atoms with Gasteiger partial charge in [0.05, 0.1) is 5.39 Å². The summed E-state index contributed by atoms with van der Waals surface area (Å²) in [7, 11) is 0. The summed E-state index contributed by atoms with van der Waals surface area (Å²) < 4.78 is 2.02. The van der Waals surface area contributed by atoms with Gasteiger partial charge in [0.15, 0.2) is 0 Å². The minimum atomic E-state index is 0.148. The van der Waals surface area contributed by atoms with Crippen LogP contribution in [0.4, 0.5) is 0 Å². The number of likely N-dealkylation sites (tertiary alicyclic amines) is 1. The Morgan fingerprint density at radius 1 is 1.04 bits per heavy atom. The van der Waals surface area contributed by atoms with E-state index in [2.05, 4.69) is 11.8 Å². The molecule has 3 aliphatic rings. The molecule has 0 atom stereocenters. The van der Waals surface area contributed by atoms with Crippen molar-refractivity contribution in [2.24, 2.45) is 5.92 Å². The Morgan fingerprint density at radius 3 is 2.36 bits per heavy atom. The van der Waals surface area contributed by atoms with Crippen molar-refractivity contribution in [3.8, 4) is 0 Å². The molecular formula is C22H29N3O2S. The number of carbonyl (C=O) groups excluding carboxylic acids is 1. The van der Waals surface area contributed by atoms with Crippen LogP contribution >= 0.6 is 11.3 Å². The minimum absolute atomic E-state index is 0.148. The maximum Gasteiger partial charge on any atom is 0.262 e. The van der Waals surface area contributed by atoms with Gasteiger partial charge in [-0.3, -0.25) is 14.2 Å². The summed E-state index contributed by atoms with van der Waals surface area (Å²) >= 11 is 1.65. The van der Waals surface area contributed by atoms with E-state index in [1.165, 1.54) is 17.7 Å². The first-order valence-corrected chi connectivity index (χ1v) is 11.7. The first kappa shape index (κ1) is 18.3. The molecule has 0 unspecified atom stereocenters. The van der Waals surface area contributed by atoms with Crippen molar-refractivity contribution in [2.75, 3.05) is 13.1 Å². The van der Waals surface area contributed by atoms with Crippen LogP contribution in [0, 0.1) is 19.8 Å². The Kier molecular flexibility index (Phi) is 4.57. The average Bonchev–Trinajstić information content (AvgIpc) is 3.31. The van der Waals surface area contributed by atoms with Gasteiger partial charge in [-0.15, -0.1) is 11.3 Å². The van der Waals surface area contributed by atoms with Gasteiger partial charge in [0.2, 0.25) is 5.91 Å². The molecule has 3 heterocycles. The van der Waals surface area contributed by atoms with E-state index >= 15 is 0 Å². The highest BCUT2D eigenvalue weighted by atomic mass is 32.1. The van der Waals surface area contributed by atoms with Crippen LogP contribution in [0.3, 0.4) is 0 Å². The average molecular weight is 400 g/mol. The van der Waals surface area contributed by atoms with E-state index in [-0.39, 0.29) is 17.5 Å². The van der Waals surface area contributed by atoms with E-state index in [1.54, 1.807) is 11.3 Å². The molecule has 0 spiro atoms. The Morgan fingerprint density at radius 2 is 1.71 bits per heavy atom. The van der Waals surface area contributed by atoms with Crippen LogP contribution in [0.1, 0.15) is 79.6 Å². The Bertz CT molecular complexity index is 974. The van der Waals surface area contributed by atoms with Crippen molar-refractivity contribution in [3.05, 3.63) is 26.6 Å². The monoisotopic (exact) mass is 399 g/mol. The molecule has 1 amide bonds. The van der Waals surface area contributed by atoms with E-state index in [0.29, 0.717) is 11.8 Å². The molecule has 6 heteroatoms. The van der Waals surface area contributed by atoms with Gasteiger partial charge in [0.25, 0.3) is 5.56 Å². The maximum absolute atomic E-state index is 13.5. The zero-order valence-electron chi connectivity index (χ0n) is 16.9. The normalized spacial score (nSPS) is 21.7. The largest absolute Gasteiger partial charge is 0.342 e. The topological polar surface area (TPSA) is 55.2 Å². The number of hydrogen-bond donors (Lipinski definition) is 0. The van der Waals surface area contributed by atoms with Crippen LogP contribution in [0.15, 0.2) is 4.79 Å². The molecule has 2 aliphatic carbocycles. The number of fused-ring (bicyclic) bond motifs is 1. The van der Waals surface area contributed by atoms with Gasteiger partial charge in [-0.1, -0.05) is 12.8 Å². The van der Waals surface area contributed by atoms with Crippen molar-refractivity contribution < 1.29 is 4.79 Å². The standard InChI is InChI=1S/C22H29N3O2S/c1-13-14(2)28-20-18(13)22(27)25(19(23-20)15-7-8-15)17-9-11-24(12-10-17)21(26)16-5-3-4-6-16/h15-17H,3-12H2,1-2H3. The van der Waals surface area contributed by atoms with Crippen molar-refractivity contribution in [3.63, 3.8) is 0 Å². The van der Waals surface area contributed by atoms with Gasteiger partial charge < -0.3 is 4.90 Å². The van der Waals surface area contributed by atoms with Gasteiger partial charge in [0.1, 0.15) is 10.7 Å². The van der Waals surface area contributed by atoms with Gasteiger partial charge in [-0.25, -0.2) is 4.98 Å². The third-order valence-corrected chi connectivity index (χ3v) is 8.15. The SMILES string of the molecule is Cc1sc2nc(C3CC3)n(C3CCN(C(=O)C4CCCC4)CC3)c(=O)c2c1C. The summed E-state index contributed by atoms with van der Waals surface area (Å²) in [5.41, 5.74) is 1.23. The molecular weight excluding hydrogens is 370 g/mol. The van der Waals surface area contributed by atoms with Crippen LogP contribution in [0.25, 0.3) is 10.2 Å². The van der Waals surface area contributed by atoms with E-state index in [0.717, 1.165) is 73.2 Å². The molecule has 0 N–H and O–H groups in total. The molecule has 0 bridgehead atoms. The first-order chi connectivity index (χ1) is 13.5. The fourth-order valence-corrected chi connectivity index (χ4v) is 6.11. The minimum Gasteiger partial charge on any atom is -0.342 e. The fourth-order valence-electron chi connectivity index (χ4n) is 5.08. The highest BCUT2D eigenvalue weighted by molar-refractivity contribution is 7.18. The van der Waals surface area contributed by atoms with Crippen molar-refractivity contribution in [1.29, 1.82) is 0 Å². The molecule has 28 heavy (non-hydrogen) atoms. The quantitative estimate of drug-likeness (QED) is 0.773. The zero-order valence-corrected chi connectivity index (χ0v) is 17.7. The number of rotatable bonds is 3. The van der Waals surface area contributed by atoms with Crippen LogP contribution in [0.2, 0.25) is 0 Å². The number of nitrogens with zero attached hydrogens (tertiary/aromatic N) is 3. The fraction of sp³-hybridized carbons (Fsp3) is 0.682. The maximum atomic E-state index is 13.5. The number of hydrogen-bond acceptors (Lipinski definition) is 4. The van der Waals surface area contributed by atoms with E-state index in [9.17, 15) is 9.59 Å². The van der Waals surface area contributed by atoms with Gasteiger partial charge in [-0.05, 0) is 57.9 Å². The summed E-state index contributed by atoms with van der Waals surface area (Å²) in [6.45, 7) is 5.67. The Balaban J connectivity index is 1.44. The Labute approximate surface area is 169 Å². The molecule has 1 aliphatic heterocycles. The predicted molar refractivity (Wildman–Crippen MR) is 112 cm³/mol. The van der Waals surface area contributed by atoms with Crippen LogP contribution in [0.5, 0.6) is 0 Å². The number of aromatic nitrogens is 2. The van der Waals surface area contributed by atoms with Crippen molar-refractivity contribution in [1.82, 2.24) is 14.5 Å². The lowest BCUT2D eigenvalue weighted by Crippen LogP contribution is -2.43. The number of aryl methyl sites for hydroxylation is 2. The van der Waals surface area contributed by atoms with E-state index in [4.69, 9.17) is 4.98 Å². The number of carbonyl (C=O) groups is 1. The molecule has 2 aromatic rings. The second-order valence-corrected chi connectivity index (χ2v) is 10.1. The van der Waals surface area contributed by atoms with Crippen LogP contribution < -0.4 is 5.56 Å².